The Morgan fingerprint density at radius 3 is 2.64 bits per heavy atom. The second-order valence-electron chi connectivity index (χ2n) is 4.53. The van der Waals surface area contributed by atoms with Gasteiger partial charge in [-0.1, -0.05) is 30.3 Å². The van der Waals surface area contributed by atoms with E-state index in [0.717, 1.165) is 5.56 Å². The van der Waals surface area contributed by atoms with Crippen LogP contribution in [0.3, 0.4) is 0 Å². The van der Waals surface area contributed by atoms with Gasteiger partial charge in [0.1, 0.15) is 6.61 Å². The molecular formula is C16H17NO5. The predicted molar refractivity (Wildman–Crippen MR) is 80.2 cm³/mol. The van der Waals surface area contributed by atoms with Crippen molar-refractivity contribution in [3.63, 3.8) is 0 Å². The number of aromatic amines is 1. The molecule has 0 amide bonds. The van der Waals surface area contributed by atoms with Crippen LogP contribution in [0.15, 0.2) is 41.2 Å². The molecule has 0 spiro atoms. The van der Waals surface area contributed by atoms with Crippen molar-refractivity contribution in [1.82, 2.24) is 4.98 Å². The van der Waals surface area contributed by atoms with Gasteiger partial charge in [-0.15, -0.1) is 0 Å². The molecule has 0 unspecified atom stereocenters. The van der Waals surface area contributed by atoms with E-state index in [4.69, 9.17) is 14.2 Å². The number of pyridine rings is 1. The lowest BCUT2D eigenvalue weighted by Gasteiger charge is -2.11. The summed E-state index contributed by atoms with van der Waals surface area (Å²) in [4.78, 5) is 26.1. The average molecular weight is 303 g/mol. The summed E-state index contributed by atoms with van der Waals surface area (Å²) in [7, 11) is 0. The largest absolute Gasteiger partial charge is 0.513 e. The van der Waals surface area contributed by atoms with Crippen molar-refractivity contribution in [2.45, 2.75) is 20.5 Å². The molecule has 0 saturated carbocycles. The molecule has 1 heterocycles. The first-order valence-electron chi connectivity index (χ1n) is 6.85. The molecule has 116 valence electrons. The van der Waals surface area contributed by atoms with Crippen LogP contribution in [-0.2, 0) is 11.3 Å². The van der Waals surface area contributed by atoms with Crippen molar-refractivity contribution < 1.29 is 19.0 Å². The van der Waals surface area contributed by atoms with Crippen LogP contribution in [0.2, 0.25) is 0 Å². The lowest BCUT2D eigenvalue weighted by atomic mass is 10.2. The molecule has 6 heteroatoms. The highest BCUT2D eigenvalue weighted by molar-refractivity contribution is 5.65. The van der Waals surface area contributed by atoms with E-state index in [1.807, 2.05) is 30.3 Å². The molecule has 0 aliphatic rings. The van der Waals surface area contributed by atoms with Crippen molar-refractivity contribution in [1.29, 1.82) is 0 Å². The van der Waals surface area contributed by atoms with Crippen LogP contribution in [0.1, 0.15) is 18.2 Å². The predicted octanol–water partition coefficient (Wildman–Crippen LogP) is 2.80. The maximum atomic E-state index is 12.0. The normalized spacial score (nSPS) is 10.1. The fraction of sp³-hybridized carbons (Fsp3) is 0.250. The van der Waals surface area contributed by atoms with Crippen LogP contribution in [0, 0.1) is 6.92 Å². The van der Waals surface area contributed by atoms with E-state index in [1.54, 1.807) is 13.8 Å². The first-order valence-corrected chi connectivity index (χ1v) is 6.85. The summed E-state index contributed by atoms with van der Waals surface area (Å²) < 4.78 is 15.3. The quantitative estimate of drug-likeness (QED) is 0.859. The lowest BCUT2D eigenvalue weighted by Crippen LogP contribution is -2.17. The number of ether oxygens (including phenoxy) is 3. The summed E-state index contributed by atoms with van der Waals surface area (Å²) >= 11 is 0. The van der Waals surface area contributed by atoms with Crippen molar-refractivity contribution in [2.24, 2.45) is 0 Å². The van der Waals surface area contributed by atoms with E-state index in [-0.39, 0.29) is 24.7 Å². The van der Waals surface area contributed by atoms with E-state index in [0.29, 0.717) is 5.69 Å². The molecule has 0 fully saturated rings. The smallest absolute Gasteiger partial charge is 0.480 e. The van der Waals surface area contributed by atoms with Gasteiger partial charge in [-0.3, -0.25) is 4.79 Å². The number of aryl methyl sites for hydroxylation is 1. The van der Waals surface area contributed by atoms with Crippen molar-refractivity contribution in [3.8, 4) is 11.5 Å². The highest BCUT2D eigenvalue weighted by Crippen LogP contribution is 2.24. The van der Waals surface area contributed by atoms with Crippen molar-refractivity contribution in [2.75, 3.05) is 6.61 Å². The number of aromatic nitrogens is 1. The molecule has 0 atom stereocenters. The number of hydrogen-bond acceptors (Lipinski definition) is 5. The zero-order valence-electron chi connectivity index (χ0n) is 12.4. The molecule has 0 aliphatic heterocycles. The van der Waals surface area contributed by atoms with Crippen LogP contribution < -0.4 is 15.0 Å². The Hall–Kier alpha value is -2.76. The van der Waals surface area contributed by atoms with Gasteiger partial charge < -0.3 is 19.2 Å². The van der Waals surface area contributed by atoms with Gasteiger partial charge in [-0.2, -0.15) is 0 Å². The first-order chi connectivity index (χ1) is 10.6. The maximum Gasteiger partial charge on any atom is 0.513 e. The van der Waals surface area contributed by atoms with E-state index >= 15 is 0 Å². The Morgan fingerprint density at radius 1 is 1.23 bits per heavy atom. The molecule has 1 aromatic heterocycles. The minimum atomic E-state index is -0.878. The van der Waals surface area contributed by atoms with E-state index < -0.39 is 11.7 Å². The molecule has 0 radical (unpaired) electrons. The van der Waals surface area contributed by atoms with Crippen LogP contribution in [0.4, 0.5) is 4.79 Å². The van der Waals surface area contributed by atoms with E-state index in [2.05, 4.69) is 4.98 Å². The monoisotopic (exact) mass is 303 g/mol. The van der Waals surface area contributed by atoms with Gasteiger partial charge >= 0.3 is 6.16 Å². The Labute approximate surface area is 127 Å². The fourth-order valence-corrected chi connectivity index (χ4v) is 1.83. The van der Waals surface area contributed by atoms with Gasteiger partial charge in [-0.05, 0) is 19.4 Å². The Kier molecular flexibility index (Phi) is 5.19. The second-order valence-corrected chi connectivity index (χ2v) is 4.53. The molecule has 1 aromatic carbocycles. The van der Waals surface area contributed by atoms with E-state index in [9.17, 15) is 9.59 Å². The number of hydrogen-bond donors (Lipinski definition) is 1. The summed E-state index contributed by atoms with van der Waals surface area (Å²) in [5, 5.41) is 0. The summed E-state index contributed by atoms with van der Waals surface area (Å²) in [6.45, 7) is 3.71. The average Bonchev–Trinajstić information content (AvgIpc) is 2.47. The van der Waals surface area contributed by atoms with Gasteiger partial charge in [-0.25, -0.2) is 4.79 Å². The molecule has 2 rings (SSSR count). The molecule has 0 saturated heterocycles. The molecule has 1 N–H and O–H groups in total. The maximum absolute atomic E-state index is 12.0. The van der Waals surface area contributed by atoms with Crippen molar-refractivity contribution in [3.05, 3.63) is 58.0 Å². The number of rotatable bonds is 5. The molecule has 0 aliphatic carbocycles. The summed E-state index contributed by atoms with van der Waals surface area (Å²) in [5.74, 6) is -0.0156. The zero-order chi connectivity index (χ0) is 15.9. The number of H-pyrrole nitrogens is 1. The zero-order valence-corrected chi connectivity index (χ0v) is 12.4. The minimum absolute atomic E-state index is 0.0376. The number of nitrogens with one attached hydrogen (secondary N) is 1. The highest BCUT2D eigenvalue weighted by Gasteiger charge is 2.16. The minimum Gasteiger partial charge on any atom is -0.480 e. The van der Waals surface area contributed by atoms with Gasteiger partial charge in [0.25, 0.3) is 5.56 Å². The van der Waals surface area contributed by atoms with Gasteiger partial charge in [0.05, 0.1) is 6.61 Å². The summed E-state index contributed by atoms with van der Waals surface area (Å²) in [6, 6.07) is 10.9. The standard InChI is InChI=1S/C16H17NO5/c1-3-20-16(19)22-13-9-11(2)17-15(18)14(13)21-10-12-7-5-4-6-8-12/h4-9H,3,10H2,1-2H3,(H,17,18). The van der Waals surface area contributed by atoms with Crippen LogP contribution in [-0.4, -0.2) is 17.7 Å². The molecule has 22 heavy (non-hydrogen) atoms. The molecular weight excluding hydrogens is 286 g/mol. The van der Waals surface area contributed by atoms with Crippen molar-refractivity contribution >= 4 is 6.16 Å². The van der Waals surface area contributed by atoms with Crippen LogP contribution in [0.25, 0.3) is 0 Å². The number of benzene rings is 1. The molecule has 2 aromatic rings. The van der Waals surface area contributed by atoms with E-state index in [1.165, 1.54) is 6.07 Å². The topological polar surface area (TPSA) is 77.6 Å². The number of carbonyl (C=O) groups is 1. The SMILES string of the molecule is CCOC(=O)Oc1cc(C)[nH]c(=O)c1OCc1ccccc1. The Bertz CT molecular complexity index is 693. The Morgan fingerprint density at radius 2 is 1.95 bits per heavy atom. The highest BCUT2D eigenvalue weighted by atomic mass is 16.7. The Balaban J connectivity index is 2.21. The second kappa shape index (κ2) is 7.31. The fourth-order valence-electron chi connectivity index (χ4n) is 1.83. The number of carbonyl (C=O) groups excluding carboxylic acids is 1. The van der Waals surface area contributed by atoms with Crippen LogP contribution in [0.5, 0.6) is 11.5 Å². The third-order valence-electron chi connectivity index (χ3n) is 2.77. The van der Waals surface area contributed by atoms with Crippen LogP contribution >= 0.6 is 0 Å². The summed E-state index contributed by atoms with van der Waals surface area (Å²) in [5.41, 5.74) is 0.983. The van der Waals surface area contributed by atoms with Gasteiger partial charge in [0.15, 0.2) is 5.75 Å². The summed E-state index contributed by atoms with van der Waals surface area (Å²) in [6.07, 6.45) is -0.878. The first kappa shape index (κ1) is 15.6. The lowest BCUT2D eigenvalue weighted by molar-refractivity contribution is 0.102. The third-order valence-corrected chi connectivity index (χ3v) is 2.77. The molecule has 6 nitrogen and oxygen atoms in total. The molecule has 0 bridgehead atoms. The van der Waals surface area contributed by atoms with Gasteiger partial charge in [0, 0.05) is 11.8 Å². The third kappa shape index (κ3) is 4.12. The van der Waals surface area contributed by atoms with Gasteiger partial charge in [0.2, 0.25) is 5.75 Å².